The molecule has 0 radical (unpaired) electrons. The third kappa shape index (κ3) is 3.54. The van der Waals surface area contributed by atoms with Gasteiger partial charge in [-0.3, -0.25) is 4.79 Å². The van der Waals surface area contributed by atoms with Crippen LogP contribution in [0.1, 0.15) is 29.5 Å². The second kappa shape index (κ2) is 8.03. The maximum atomic E-state index is 12.4. The first kappa shape index (κ1) is 19.7. The van der Waals surface area contributed by atoms with Gasteiger partial charge in [0.05, 0.1) is 0 Å². The van der Waals surface area contributed by atoms with Gasteiger partial charge in [0.15, 0.2) is 0 Å². The van der Waals surface area contributed by atoms with Gasteiger partial charge in [-0.25, -0.2) is 4.79 Å². The average molecular weight is 401 g/mol. The summed E-state index contributed by atoms with van der Waals surface area (Å²) in [5, 5.41) is 12.4. The summed E-state index contributed by atoms with van der Waals surface area (Å²) in [6.07, 6.45) is -0.625. The van der Waals surface area contributed by atoms with Crippen molar-refractivity contribution < 1.29 is 19.4 Å². The summed E-state index contributed by atoms with van der Waals surface area (Å²) in [7, 11) is 0. The van der Waals surface area contributed by atoms with Crippen molar-refractivity contribution in [1.29, 1.82) is 0 Å². The fourth-order valence-electron chi connectivity index (χ4n) is 4.01. The number of nitrogens with one attached hydrogen (secondary N) is 1. The highest BCUT2D eigenvalue weighted by Gasteiger charge is 2.36. The molecule has 0 fully saturated rings. The van der Waals surface area contributed by atoms with Crippen molar-refractivity contribution in [2.24, 2.45) is 0 Å². The Morgan fingerprint density at radius 1 is 0.900 bits per heavy atom. The van der Waals surface area contributed by atoms with Gasteiger partial charge < -0.3 is 15.2 Å². The minimum absolute atomic E-state index is 0.0388. The molecular weight excluding hydrogens is 378 g/mol. The molecule has 30 heavy (non-hydrogen) atoms. The molecule has 0 spiro atoms. The molecule has 1 atom stereocenters. The van der Waals surface area contributed by atoms with Gasteiger partial charge in [-0.05, 0) is 34.7 Å². The zero-order valence-corrected chi connectivity index (χ0v) is 16.7. The molecule has 3 aromatic carbocycles. The number of carboxylic acids is 1. The van der Waals surface area contributed by atoms with Crippen molar-refractivity contribution in [3.8, 4) is 11.1 Å². The van der Waals surface area contributed by atoms with E-state index in [9.17, 15) is 14.7 Å². The van der Waals surface area contributed by atoms with E-state index in [4.69, 9.17) is 4.74 Å². The van der Waals surface area contributed by atoms with Gasteiger partial charge in [-0.2, -0.15) is 0 Å². The quantitative estimate of drug-likeness (QED) is 0.635. The van der Waals surface area contributed by atoms with Crippen molar-refractivity contribution in [2.45, 2.75) is 18.3 Å². The van der Waals surface area contributed by atoms with Crippen LogP contribution >= 0.6 is 0 Å². The molecule has 152 valence electrons. The Bertz CT molecular complexity index is 1030. The number of aliphatic carboxylic acids is 1. The lowest BCUT2D eigenvalue weighted by Gasteiger charge is -2.25. The zero-order chi connectivity index (χ0) is 21.1. The van der Waals surface area contributed by atoms with Crippen LogP contribution < -0.4 is 5.32 Å². The van der Waals surface area contributed by atoms with Gasteiger partial charge in [-0.1, -0.05) is 78.9 Å². The van der Waals surface area contributed by atoms with E-state index in [1.807, 2.05) is 30.3 Å². The first-order valence-electron chi connectivity index (χ1n) is 9.88. The number of alkyl carbamates (subject to hydrolysis) is 1. The molecule has 1 aliphatic carbocycles. The maximum absolute atomic E-state index is 12.4. The Hall–Kier alpha value is -3.60. The number of carbonyl (C=O) groups excluding carboxylic acids is 1. The van der Waals surface area contributed by atoms with E-state index >= 15 is 0 Å². The fourth-order valence-corrected chi connectivity index (χ4v) is 4.01. The molecule has 5 heteroatoms. The molecule has 5 nitrogen and oxygen atoms in total. The van der Waals surface area contributed by atoms with Crippen LogP contribution in [0.15, 0.2) is 78.9 Å². The Kier molecular flexibility index (Phi) is 5.27. The van der Waals surface area contributed by atoms with Crippen LogP contribution in [0.4, 0.5) is 4.79 Å². The van der Waals surface area contributed by atoms with Crippen molar-refractivity contribution in [3.63, 3.8) is 0 Å². The van der Waals surface area contributed by atoms with Crippen LogP contribution in [-0.2, 0) is 14.9 Å². The maximum Gasteiger partial charge on any atom is 0.407 e. The second-order valence-electron chi connectivity index (χ2n) is 7.68. The summed E-state index contributed by atoms with van der Waals surface area (Å²) in [5.74, 6) is -1.05. The van der Waals surface area contributed by atoms with E-state index in [1.165, 1.54) is 0 Å². The van der Waals surface area contributed by atoms with Crippen LogP contribution in [0.25, 0.3) is 11.1 Å². The van der Waals surface area contributed by atoms with E-state index in [-0.39, 0.29) is 19.1 Å². The first-order chi connectivity index (χ1) is 14.5. The number of carboxylic acid groups (broad SMARTS) is 1. The van der Waals surface area contributed by atoms with E-state index in [0.717, 1.165) is 22.3 Å². The average Bonchev–Trinajstić information content (AvgIpc) is 3.10. The van der Waals surface area contributed by atoms with Gasteiger partial charge in [0, 0.05) is 12.5 Å². The molecule has 0 saturated carbocycles. The highest BCUT2D eigenvalue weighted by Crippen LogP contribution is 2.44. The van der Waals surface area contributed by atoms with Gasteiger partial charge in [-0.15, -0.1) is 0 Å². The fraction of sp³-hybridized carbons (Fsp3) is 0.200. The summed E-state index contributed by atoms with van der Waals surface area (Å²) in [6, 6.07) is 25.1. The van der Waals surface area contributed by atoms with Crippen LogP contribution in [0.2, 0.25) is 0 Å². The topological polar surface area (TPSA) is 75.6 Å². The standard InChI is InChI=1S/C25H23NO4/c1-25(23(27)28,17-9-3-2-4-10-17)16-26-24(29)30-15-22-20-13-7-5-11-18(20)19-12-6-8-14-21(19)22/h2-14,22H,15-16H2,1H3,(H,26,29)(H,27,28). The van der Waals surface area contributed by atoms with Crippen LogP contribution in [0.5, 0.6) is 0 Å². The molecule has 1 unspecified atom stereocenters. The predicted molar refractivity (Wildman–Crippen MR) is 115 cm³/mol. The smallest absolute Gasteiger partial charge is 0.407 e. The lowest BCUT2D eigenvalue weighted by atomic mass is 9.82. The highest BCUT2D eigenvalue weighted by molar-refractivity contribution is 5.82. The van der Waals surface area contributed by atoms with Crippen molar-refractivity contribution in [3.05, 3.63) is 95.6 Å². The van der Waals surface area contributed by atoms with Crippen LogP contribution in [0.3, 0.4) is 0 Å². The molecule has 0 aromatic heterocycles. The second-order valence-corrected chi connectivity index (χ2v) is 7.68. The van der Waals surface area contributed by atoms with Crippen molar-refractivity contribution in [1.82, 2.24) is 5.32 Å². The molecule has 0 heterocycles. The van der Waals surface area contributed by atoms with E-state index in [1.54, 1.807) is 31.2 Å². The number of benzene rings is 3. The largest absolute Gasteiger partial charge is 0.481 e. The highest BCUT2D eigenvalue weighted by atomic mass is 16.5. The number of ether oxygens (including phenoxy) is 1. The molecule has 1 amide bonds. The number of hydrogen-bond acceptors (Lipinski definition) is 3. The van der Waals surface area contributed by atoms with Crippen LogP contribution in [-0.4, -0.2) is 30.3 Å². The Morgan fingerprint density at radius 3 is 2.00 bits per heavy atom. The van der Waals surface area contributed by atoms with Gasteiger partial charge >= 0.3 is 12.1 Å². The molecule has 4 rings (SSSR count). The third-order valence-electron chi connectivity index (χ3n) is 5.81. The Morgan fingerprint density at radius 2 is 1.43 bits per heavy atom. The number of hydrogen-bond donors (Lipinski definition) is 2. The summed E-state index contributed by atoms with van der Waals surface area (Å²) < 4.78 is 5.51. The molecule has 2 N–H and O–H groups in total. The van der Waals surface area contributed by atoms with E-state index < -0.39 is 17.5 Å². The van der Waals surface area contributed by atoms with Gasteiger partial charge in [0.25, 0.3) is 0 Å². The molecular formula is C25H23NO4. The summed E-state index contributed by atoms with van der Waals surface area (Å²) in [4.78, 5) is 24.3. The first-order valence-corrected chi connectivity index (χ1v) is 9.88. The van der Waals surface area contributed by atoms with Crippen molar-refractivity contribution >= 4 is 12.1 Å². The molecule has 0 bridgehead atoms. The van der Waals surface area contributed by atoms with Gasteiger partial charge in [0.1, 0.15) is 12.0 Å². The summed E-state index contributed by atoms with van der Waals surface area (Å²) in [6.45, 7) is 1.71. The monoisotopic (exact) mass is 401 g/mol. The number of rotatable bonds is 6. The lowest BCUT2D eigenvalue weighted by Crippen LogP contribution is -2.44. The minimum Gasteiger partial charge on any atom is -0.481 e. The number of carbonyl (C=O) groups is 2. The Balaban J connectivity index is 1.44. The molecule has 0 aliphatic heterocycles. The lowest BCUT2D eigenvalue weighted by molar-refractivity contribution is -0.143. The Labute approximate surface area is 175 Å². The molecule has 3 aromatic rings. The number of amides is 1. The summed E-state index contributed by atoms with van der Waals surface area (Å²) >= 11 is 0. The SMILES string of the molecule is CC(CNC(=O)OCC1c2ccccc2-c2ccccc21)(C(=O)O)c1ccccc1. The normalized spacial score (nSPS) is 14.3. The van der Waals surface area contributed by atoms with Crippen LogP contribution in [0, 0.1) is 0 Å². The molecule has 0 saturated heterocycles. The van der Waals surface area contributed by atoms with Gasteiger partial charge in [0.2, 0.25) is 0 Å². The van der Waals surface area contributed by atoms with E-state index in [2.05, 4.69) is 29.6 Å². The van der Waals surface area contributed by atoms with E-state index in [0.29, 0.717) is 5.56 Å². The predicted octanol–water partition coefficient (Wildman–Crippen LogP) is 4.57. The summed E-state index contributed by atoms with van der Waals surface area (Å²) in [5.41, 5.74) is 3.95. The molecule has 1 aliphatic rings. The van der Waals surface area contributed by atoms with Crippen molar-refractivity contribution in [2.75, 3.05) is 13.2 Å². The number of fused-ring (bicyclic) bond motifs is 3. The minimum atomic E-state index is -1.24. The third-order valence-corrected chi connectivity index (χ3v) is 5.81. The zero-order valence-electron chi connectivity index (χ0n) is 16.7.